The molecule has 1 fully saturated rings. The molecule has 0 aliphatic carbocycles. The Kier molecular flexibility index (Phi) is 4.85. The lowest BCUT2D eigenvalue weighted by Crippen LogP contribution is -2.26. The van der Waals surface area contributed by atoms with Crippen molar-refractivity contribution >= 4 is 5.91 Å². The molecule has 0 unspecified atom stereocenters. The second kappa shape index (κ2) is 7.05. The Morgan fingerprint density at radius 2 is 2.17 bits per heavy atom. The summed E-state index contributed by atoms with van der Waals surface area (Å²) >= 11 is 0. The zero-order valence-electron chi connectivity index (χ0n) is 13.9. The van der Waals surface area contributed by atoms with Crippen LogP contribution in [0.3, 0.4) is 0 Å². The summed E-state index contributed by atoms with van der Waals surface area (Å²) < 4.78 is 13.6. The monoisotopic (exact) mass is 328 g/mol. The molecule has 1 aliphatic heterocycles. The van der Waals surface area contributed by atoms with Crippen LogP contribution in [0.25, 0.3) is 0 Å². The normalized spacial score (nSPS) is 17.9. The second-order valence-corrected chi connectivity index (χ2v) is 6.17. The minimum Gasteiger partial charge on any atom is -0.347 e. The summed E-state index contributed by atoms with van der Waals surface area (Å²) in [6.45, 7) is 3.00. The summed E-state index contributed by atoms with van der Waals surface area (Å²) in [5, 5.41) is 2.73. The Morgan fingerprint density at radius 1 is 1.38 bits per heavy atom. The van der Waals surface area contributed by atoms with Crippen molar-refractivity contribution in [3.8, 4) is 0 Å². The van der Waals surface area contributed by atoms with Gasteiger partial charge in [-0.2, -0.15) is 0 Å². The Balaban J connectivity index is 1.75. The standard InChI is InChI=1S/C18H21FN4O/c1-12-10-15(22-17(21-12)16-8-5-9-23(16)2)18(24)20-11-13-6-3-4-7-14(13)19/h3-4,6-7,10,16H,5,8-9,11H2,1-2H3,(H,20,24)/t16-/m0/s1. The number of carbonyl (C=O) groups is 1. The maximum atomic E-state index is 13.6. The minimum atomic E-state index is -0.329. The third-order valence-electron chi connectivity index (χ3n) is 4.32. The summed E-state index contributed by atoms with van der Waals surface area (Å²) in [6.07, 6.45) is 2.10. The zero-order chi connectivity index (χ0) is 17.1. The molecule has 1 saturated heterocycles. The molecule has 6 heteroatoms. The molecule has 2 heterocycles. The van der Waals surface area contributed by atoms with Gasteiger partial charge in [0.15, 0.2) is 0 Å². The molecule has 24 heavy (non-hydrogen) atoms. The highest BCUT2D eigenvalue weighted by molar-refractivity contribution is 5.92. The quantitative estimate of drug-likeness (QED) is 0.937. The highest BCUT2D eigenvalue weighted by Crippen LogP contribution is 2.28. The van der Waals surface area contributed by atoms with Crippen molar-refractivity contribution in [2.75, 3.05) is 13.6 Å². The van der Waals surface area contributed by atoms with Gasteiger partial charge in [0.05, 0.1) is 6.04 Å². The van der Waals surface area contributed by atoms with Crippen molar-refractivity contribution in [2.45, 2.75) is 32.4 Å². The molecule has 1 aromatic heterocycles. The molecule has 1 atom stereocenters. The van der Waals surface area contributed by atoms with E-state index in [-0.39, 0.29) is 24.3 Å². The van der Waals surface area contributed by atoms with Crippen LogP contribution in [0.15, 0.2) is 30.3 Å². The van der Waals surface area contributed by atoms with Gasteiger partial charge in [0.1, 0.15) is 17.3 Å². The molecule has 0 spiro atoms. The number of benzene rings is 1. The molecule has 0 radical (unpaired) electrons. The number of likely N-dealkylation sites (tertiary alicyclic amines) is 1. The van der Waals surface area contributed by atoms with Gasteiger partial charge in [-0.25, -0.2) is 14.4 Å². The Bertz CT molecular complexity index is 750. The van der Waals surface area contributed by atoms with E-state index in [0.717, 1.165) is 25.1 Å². The molecule has 2 aromatic rings. The van der Waals surface area contributed by atoms with Crippen LogP contribution in [0.1, 0.15) is 46.5 Å². The van der Waals surface area contributed by atoms with Gasteiger partial charge in [-0.15, -0.1) is 0 Å². The molecule has 1 amide bonds. The largest absolute Gasteiger partial charge is 0.347 e. The Labute approximate surface area is 140 Å². The van der Waals surface area contributed by atoms with Crippen LogP contribution >= 0.6 is 0 Å². The van der Waals surface area contributed by atoms with Gasteiger partial charge >= 0.3 is 0 Å². The Hall–Kier alpha value is -2.34. The van der Waals surface area contributed by atoms with Gasteiger partial charge in [-0.05, 0) is 45.5 Å². The van der Waals surface area contributed by atoms with Crippen molar-refractivity contribution in [3.05, 3.63) is 58.9 Å². The summed E-state index contributed by atoms with van der Waals surface area (Å²) in [7, 11) is 2.04. The predicted octanol–water partition coefficient (Wildman–Crippen LogP) is 2.62. The molecular formula is C18H21FN4O. The van der Waals surface area contributed by atoms with Crippen LogP contribution in [0.2, 0.25) is 0 Å². The van der Waals surface area contributed by atoms with Crippen molar-refractivity contribution in [2.24, 2.45) is 0 Å². The highest BCUT2D eigenvalue weighted by atomic mass is 19.1. The number of rotatable bonds is 4. The fraction of sp³-hybridized carbons (Fsp3) is 0.389. The minimum absolute atomic E-state index is 0.132. The van der Waals surface area contributed by atoms with Crippen LogP contribution in [-0.4, -0.2) is 34.4 Å². The summed E-state index contributed by atoms with van der Waals surface area (Å²) in [4.78, 5) is 23.5. The van der Waals surface area contributed by atoms with Gasteiger partial charge in [-0.1, -0.05) is 18.2 Å². The van der Waals surface area contributed by atoms with Crippen LogP contribution in [-0.2, 0) is 6.54 Å². The van der Waals surface area contributed by atoms with Gasteiger partial charge in [0.25, 0.3) is 5.91 Å². The smallest absolute Gasteiger partial charge is 0.270 e. The summed E-state index contributed by atoms with van der Waals surface area (Å²) in [5.74, 6) is 0.0432. The van der Waals surface area contributed by atoms with Gasteiger partial charge < -0.3 is 5.32 Å². The molecule has 1 aromatic carbocycles. The van der Waals surface area contributed by atoms with E-state index in [9.17, 15) is 9.18 Å². The Morgan fingerprint density at radius 3 is 2.88 bits per heavy atom. The van der Waals surface area contributed by atoms with Gasteiger partial charge in [-0.3, -0.25) is 9.69 Å². The van der Waals surface area contributed by atoms with Crippen LogP contribution in [0.5, 0.6) is 0 Å². The van der Waals surface area contributed by atoms with Gasteiger partial charge in [0, 0.05) is 17.8 Å². The second-order valence-electron chi connectivity index (χ2n) is 6.17. The first kappa shape index (κ1) is 16.5. The van der Waals surface area contributed by atoms with Crippen molar-refractivity contribution in [1.29, 1.82) is 0 Å². The lowest BCUT2D eigenvalue weighted by Gasteiger charge is -2.18. The first-order chi connectivity index (χ1) is 11.5. The van der Waals surface area contributed by atoms with Crippen molar-refractivity contribution in [1.82, 2.24) is 20.2 Å². The molecule has 1 N–H and O–H groups in total. The molecule has 126 valence electrons. The van der Waals surface area contributed by atoms with E-state index in [1.54, 1.807) is 24.3 Å². The number of amides is 1. The van der Waals surface area contributed by atoms with Crippen LogP contribution in [0.4, 0.5) is 4.39 Å². The first-order valence-electron chi connectivity index (χ1n) is 8.12. The van der Waals surface area contributed by atoms with Crippen molar-refractivity contribution < 1.29 is 9.18 Å². The van der Waals surface area contributed by atoms with E-state index in [0.29, 0.717) is 17.1 Å². The molecule has 0 bridgehead atoms. The van der Waals surface area contributed by atoms with Crippen LogP contribution < -0.4 is 5.32 Å². The van der Waals surface area contributed by atoms with E-state index >= 15 is 0 Å². The van der Waals surface area contributed by atoms with E-state index in [4.69, 9.17) is 0 Å². The lowest BCUT2D eigenvalue weighted by atomic mass is 10.2. The van der Waals surface area contributed by atoms with E-state index in [2.05, 4.69) is 20.2 Å². The molecule has 0 saturated carbocycles. The number of aromatic nitrogens is 2. The number of aryl methyl sites for hydroxylation is 1. The molecule has 1 aliphatic rings. The maximum Gasteiger partial charge on any atom is 0.270 e. The summed E-state index contributed by atoms with van der Waals surface area (Å²) in [6, 6.07) is 8.22. The van der Waals surface area contributed by atoms with E-state index < -0.39 is 0 Å². The fourth-order valence-corrected chi connectivity index (χ4v) is 3.00. The molecule has 5 nitrogen and oxygen atoms in total. The van der Waals surface area contributed by atoms with E-state index in [1.165, 1.54) is 6.07 Å². The number of hydrogen-bond donors (Lipinski definition) is 1. The van der Waals surface area contributed by atoms with Crippen LogP contribution in [0, 0.1) is 12.7 Å². The number of halogens is 1. The van der Waals surface area contributed by atoms with Gasteiger partial charge in [0.2, 0.25) is 0 Å². The summed E-state index contributed by atoms with van der Waals surface area (Å²) in [5.41, 5.74) is 1.54. The number of carbonyl (C=O) groups excluding carboxylic acids is 1. The fourth-order valence-electron chi connectivity index (χ4n) is 3.00. The molecular weight excluding hydrogens is 307 g/mol. The lowest BCUT2D eigenvalue weighted by molar-refractivity contribution is 0.0944. The topological polar surface area (TPSA) is 58.1 Å². The third kappa shape index (κ3) is 3.59. The maximum absolute atomic E-state index is 13.6. The van der Waals surface area contributed by atoms with Crippen molar-refractivity contribution in [3.63, 3.8) is 0 Å². The average Bonchev–Trinajstić information content (AvgIpc) is 2.99. The highest BCUT2D eigenvalue weighted by Gasteiger charge is 2.26. The van der Waals surface area contributed by atoms with E-state index in [1.807, 2.05) is 14.0 Å². The first-order valence-corrected chi connectivity index (χ1v) is 8.12. The SMILES string of the molecule is Cc1cc(C(=O)NCc2ccccc2F)nc([C@@H]2CCCN2C)n1. The number of hydrogen-bond acceptors (Lipinski definition) is 4. The molecule has 3 rings (SSSR count). The zero-order valence-corrected chi connectivity index (χ0v) is 13.9. The number of nitrogens with one attached hydrogen (secondary N) is 1. The predicted molar refractivity (Wildman–Crippen MR) is 88.9 cm³/mol. The average molecular weight is 328 g/mol. The third-order valence-corrected chi connectivity index (χ3v) is 4.32. The number of nitrogens with zero attached hydrogens (tertiary/aromatic N) is 3.